The number of amides is 1. The van der Waals surface area contributed by atoms with Gasteiger partial charge in [-0.25, -0.2) is 0 Å². The Morgan fingerprint density at radius 2 is 1.92 bits per heavy atom. The van der Waals surface area contributed by atoms with Crippen LogP contribution in [-0.2, 0) is 6.42 Å². The van der Waals surface area contributed by atoms with Crippen LogP contribution in [0.25, 0.3) is 6.08 Å². The molecule has 0 saturated carbocycles. The van der Waals surface area contributed by atoms with E-state index in [4.69, 9.17) is 13.9 Å². The molecule has 4 aromatic rings. The Morgan fingerprint density at radius 3 is 2.75 bits per heavy atom. The van der Waals surface area contributed by atoms with Crippen molar-refractivity contribution in [3.8, 4) is 11.5 Å². The molecule has 0 fully saturated rings. The predicted molar refractivity (Wildman–Crippen MR) is 143 cm³/mol. The van der Waals surface area contributed by atoms with Crippen LogP contribution in [0.5, 0.6) is 11.5 Å². The van der Waals surface area contributed by atoms with Crippen molar-refractivity contribution >= 4 is 29.0 Å². The van der Waals surface area contributed by atoms with Crippen LogP contribution in [0, 0.1) is 0 Å². The second kappa shape index (κ2) is 11.3. The molecular formula is C29H28N2O4S. The lowest BCUT2D eigenvalue weighted by molar-refractivity contribution is 0.0994. The average Bonchev–Trinajstić information content (AvgIpc) is 3.67. The molecule has 0 bridgehead atoms. The zero-order chi connectivity index (χ0) is 24.7. The second-order valence-corrected chi connectivity index (χ2v) is 9.45. The van der Waals surface area contributed by atoms with E-state index in [0.29, 0.717) is 6.42 Å². The maximum Gasteiger partial charge on any atom is 0.291 e. The number of nitrogens with one attached hydrogen (secondary N) is 2. The summed E-state index contributed by atoms with van der Waals surface area (Å²) in [5, 5.41) is 10.7. The summed E-state index contributed by atoms with van der Waals surface area (Å²) in [6.07, 6.45) is 4.88. The van der Waals surface area contributed by atoms with E-state index in [1.54, 1.807) is 17.4 Å². The lowest BCUT2D eigenvalue weighted by atomic mass is 9.88. The van der Waals surface area contributed by atoms with Crippen molar-refractivity contribution < 1.29 is 18.7 Å². The summed E-state index contributed by atoms with van der Waals surface area (Å²) in [4.78, 5) is 12.7. The van der Waals surface area contributed by atoms with Gasteiger partial charge in [-0.1, -0.05) is 36.4 Å². The highest BCUT2D eigenvalue weighted by atomic mass is 32.1. The van der Waals surface area contributed by atoms with Crippen LogP contribution in [-0.4, -0.2) is 25.3 Å². The van der Waals surface area contributed by atoms with Crippen molar-refractivity contribution in [1.29, 1.82) is 0 Å². The third-order valence-electron chi connectivity index (χ3n) is 6.18. The van der Waals surface area contributed by atoms with Gasteiger partial charge in [0.05, 0.1) is 0 Å². The van der Waals surface area contributed by atoms with Gasteiger partial charge in [0.1, 0.15) is 5.76 Å². The molecule has 0 spiro atoms. The number of hydrogen-bond donors (Lipinski definition) is 2. The number of rotatable bonds is 10. The molecular weight excluding hydrogens is 472 g/mol. The zero-order valence-electron chi connectivity index (χ0n) is 20.0. The fraction of sp³-hybridized carbons (Fsp3) is 0.207. The van der Waals surface area contributed by atoms with Crippen LogP contribution in [0.2, 0.25) is 0 Å². The number of para-hydroxylation sites is 1. The quantitative estimate of drug-likeness (QED) is 0.266. The molecule has 36 heavy (non-hydrogen) atoms. The molecule has 7 heteroatoms. The first-order chi connectivity index (χ1) is 17.7. The van der Waals surface area contributed by atoms with Gasteiger partial charge in [0, 0.05) is 30.6 Å². The summed E-state index contributed by atoms with van der Waals surface area (Å²) in [7, 11) is 0. The van der Waals surface area contributed by atoms with Crippen molar-refractivity contribution in [1.82, 2.24) is 5.32 Å². The van der Waals surface area contributed by atoms with Gasteiger partial charge in [-0.15, -0.1) is 0 Å². The molecule has 1 aliphatic rings. The Morgan fingerprint density at radius 1 is 1.06 bits per heavy atom. The van der Waals surface area contributed by atoms with E-state index < -0.39 is 0 Å². The number of carbonyl (C=O) groups excluding carboxylic acids is 1. The fourth-order valence-electron chi connectivity index (χ4n) is 4.23. The number of furan rings is 1. The molecule has 1 aliphatic heterocycles. The molecule has 0 radical (unpaired) electrons. The van der Waals surface area contributed by atoms with Crippen molar-refractivity contribution in [2.45, 2.75) is 25.3 Å². The van der Waals surface area contributed by atoms with Gasteiger partial charge in [-0.3, -0.25) is 4.79 Å². The molecule has 184 valence electrons. The molecule has 2 N–H and O–H groups in total. The first-order valence-corrected chi connectivity index (χ1v) is 12.9. The predicted octanol–water partition coefficient (Wildman–Crippen LogP) is 6.34. The molecule has 2 unspecified atom stereocenters. The minimum absolute atomic E-state index is 0.0882. The topological polar surface area (TPSA) is 72.7 Å². The third-order valence-corrected chi connectivity index (χ3v) is 6.88. The number of benzene rings is 2. The maximum atomic E-state index is 12.7. The van der Waals surface area contributed by atoms with Crippen LogP contribution in [0.1, 0.15) is 40.3 Å². The van der Waals surface area contributed by atoms with Gasteiger partial charge >= 0.3 is 0 Å². The molecule has 1 amide bonds. The Hall–Kier alpha value is -3.81. The van der Waals surface area contributed by atoms with Crippen LogP contribution in [0.4, 0.5) is 5.69 Å². The summed E-state index contributed by atoms with van der Waals surface area (Å²) in [6, 6.07) is 21.3. The summed E-state index contributed by atoms with van der Waals surface area (Å²) in [5.74, 6) is 2.37. The highest BCUT2D eigenvalue weighted by Crippen LogP contribution is 2.36. The van der Waals surface area contributed by atoms with Crippen molar-refractivity contribution in [3.05, 3.63) is 106 Å². The number of ether oxygens (including phenoxy) is 2. The second-order valence-electron chi connectivity index (χ2n) is 8.67. The van der Waals surface area contributed by atoms with Gasteiger partial charge in [0.2, 0.25) is 6.79 Å². The summed E-state index contributed by atoms with van der Waals surface area (Å²) >= 11 is 1.69. The van der Waals surface area contributed by atoms with E-state index in [9.17, 15) is 4.79 Å². The first kappa shape index (κ1) is 23.9. The number of anilines is 1. The van der Waals surface area contributed by atoms with Crippen molar-refractivity contribution in [2.24, 2.45) is 0 Å². The largest absolute Gasteiger partial charge is 0.456 e. The summed E-state index contributed by atoms with van der Waals surface area (Å²) in [5.41, 5.74) is 3.05. The smallest absolute Gasteiger partial charge is 0.291 e. The number of carbonyl (C=O) groups is 1. The molecule has 2 aromatic heterocycles. The normalized spacial score (nSPS) is 14.1. The maximum absolute atomic E-state index is 12.7. The Labute approximate surface area is 214 Å². The minimum Gasteiger partial charge on any atom is -0.456 e. The Balaban J connectivity index is 1.30. The summed E-state index contributed by atoms with van der Waals surface area (Å²) in [6.45, 7) is 3.14. The van der Waals surface area contributed by atoms with Gasteiger partial charge in [0.25, 0.3) is 5.91 Å². The molecule has 6 nitrogen and oxygen atoms in total. The van der Waals surface area contributed by atoms with Gasteiger partial charge in [-0.05, 0) is 71.3 Å². The van der Waals surface area contributed by atoms with E-state index in [1.807, 2.05) is 48.5 Å². The van der Waals surface area contributed by atoms with E-state index >= 15 is 0 Å². The van der Waals surface area contributed by atoms with Crippen LogP contribution >= 0.6 is 11.3 Å². The first-order valence-electron chi connectivity index (χ1n) is 11.9. The number of hydrogen-bond acceptors (Lipinski definition) is 6. The van der Waals surface area contributed by atoms with E-state index in [1.165, 1.54) is 5.56 Å². The molecule has 5 rings (SSSR count). The molecule has 0 aliphatic carbocycles. The highest BCUT2D eigenvalue weighted by Gasteiger charge is 2.24. The van der Waals surface area contributed by atoms with Crippen LogP contribution in [0.3, 0.4) is 0 Å². The molecule has 0 saturated heterocycles. The van der Waals surface area contributed by atoms with E-state index in [-0.39, 0.29) is 30.4 Å². The summed E-state index contributed by atoms with van der Waals surface area (Å²) < 4.78 is 17.1. The standard InChI is InChI=1S/C29H28N2O4S/c1-20(30-14-5-6-21-13-15-36-18-21)25(22-9-11-26-28(16-22)34-19-33-26)17-24-10-12-27(35-24)29(32)31-23-7-3-2-4-8-23/h2-13,15-16,18,20,25,30H,14,17,19H2,1H3,(H,31,32)/b6-5+. The average molecular weight is 501 g/mol. The fourth-order valence-corrected chi connectivity index (χ4v) is 4.86. The Kier molecular flexibility index (Phi) is 7.50. The monoisotopic (exact) mass is 500 g/mol. The van der Waals surface area contributed by atoms with Gasteiger partial charge in [0.15, 0.2) is 17.3 Å². The Bertz CT molecular complexity index is 1310. The molecule has 2 aromatic carbocycles. The lowest BCUT2D eigenvalue weighted by Crippen LogP contribution is -2.33. The van der Waals surface area contributed by atoms with E-state index in [0.717, 1.165) is 35.1 Å². The molecule has 3 heterocycles. The number of fused-ring (bicyclic) bond motifs is 1. The van der Waals surface area contributed by atoms with Crippen LogP contribution < -0.4 is 20.1 Å². The highest BCUT2D eigenvalue weighted by molar-refractivity contribution is 7.08. The zero-order valence-corrected chi connectivity index (χ0v) is 20.8. The van der Waals surface area contributed by atoms with Gasteiger partial charge < -0.3 is 24.5 Å². The van der Waals surface area contributed by atoms with Crippen molar-refractivity contribution in [2.75, 3.05) is 18.7 Å². The van der Waals surface area contributed by atoms with E-state index in [2.05, 4.69) is 52.6 Å². The third kappa shape index (κ3) is 5.87. The van der Waals surface area contributed by atoms with Gasteiger partial charge in [-0.2, -0.15) is 11.3 Å². The SMILES string of the molecule is CC(NC/C=C/c1ccsc1)C(Cc1ccc(C(=O)Nc2ccccc2)o1)c1ccc2c(c1)OCO2. The minimum atomic E-state index is -0.267. The lowest BCUT2D eigenvalue weighted by Gasteiger charge is -2.25. The number of thiophene rings is 1. The van der Waals surface area contributed by atoms with Crippen molar-refractivity contribution in [3.63, 3.8) is 0 Å². The molecule has 2 atom stereocenters. The van der Waals surface area contributed by atoms with Crippen LogP contribution in [0.15, 0.2) is 88.0 Å².